The second kappa shape index (κ2) is 6.53. The summed E-state index contributed by atoms with van der Waals surface area (Å²) in [5.41, 5.74) is 2.23. The molecule has 0 heterocycles. The second-order valence-electron chi connectivity index (χ2n) is 5.94. The molecular weight excluding hydrogens is 246 g/mol. The Kier molecular flexibility index (Phi) is 4.98. The largest absolute Gasteiger partial charge is 0.297 e. The van der Waals surface area contributed by atoms with Crippen LogP contribution in [0.3, 0.4) is 0 Å². The first-order chi connectivity index (χ1) is 9.64. The van der Waals surface area contributed by atoms with Crippen LogP contribution in [0.25, 0.3) is 0 Å². The number of carbonyl (C=O) groups is 1. The van der Waals surface area contributed by atoms with Crippen molar-refractivity contribution in [2.75, 3.05) is 13.1 Å². The fourth-order valence-corrected chi connectivity index (χ4v) is 3.71. The maximum absolute atomic E-state index is 13.0. The van der Waals surface area contributed by atoms with Gasteiger partial charge in [0.25, 0.3) is 0 Å². The van der Waals surface area contributed by atoms with Gasteiger partial charge in [-0.15, -0.1) is 0 Å². The third kappa shape index (κ3) is 2.80. The van der Waals surface area contributed by atoms with Crippen molar-refractivity contribution in [1.29, 1.82) is 0 Å². The van der Waals surface area contributed by atoms with E-state index in [0.717, 1.165) is 25.9 Å². The molecule has 1 aromatic rings. The smallest absolute Gasteiger partial charge is 0.157 e. The molecule has 0 aromatic heterocycles. The number of aryl methyl sites for hydroxylation is 1. The molecule has 2 nitrogen and oxygen atoms in total. The van der Waals surface area contributed by atoms with E-state index < -0.39 is 0 Å². The van der Waals surface area contributed by atoms with Gasteiger partial charge in [-0.25, -0.2) is 0 Å². The summed E-state index contributed by atoms with van der Waals surface area (Å²) in [4.78, 5) is 15.4. The third-order valence-electron chi connectivity index (χ3n) is 4.93. The van der Waals surface area contributed by atoms with Crippen LogP contribution < -0.4 is 0 Å². The molecule has 0 atom stereocenters. The Morgan fingerprint density at radius 2 is 1.75 bits per heavy atom. The molecular formula is C18H27NO. The van der Waals surface area contributed by atoms with E-state index >= 15 is 0 Å². The normalized spacial score (nSPS) is 17.6. The van der Waals surface area contributed by atoms with Gasteiger partial charge in [-0.3, -0.25) is 9.69 Å². The number of benzene rings is 1. The van der Waals surface area contributed by atoms with Crippen molar-refractivity contribution in [2.45, 2.75) is 58.4 Å². The molecule has 0 amide bonds. The minimum Gasteiger partial charge on any atom is -0.297 e. The molecule has 0 bridgehead atoms. The highest BCUT2D eigenvalue weighted by Gasteiger charge is 2.44. The summed E-state index contributed by atoms with van der Waals surface area (Å²) in [7, 11) is 0. The van der Waals surface area contributed by atoms with Crippen LogP contribution in [0.5, 0.6) is 0 Å². The molecule has 20 heavy (non-hydrogen) atoms. The first kappa shape index (κ1) is 15.2. The highest BCUT2D eigenvalue weighted by Crippen LogP contribution is 2.37. The minimum absolute atomic E-state index is 0.189. The predicted molar refractivity (Wildman–Crippen MR) is 84.0 cm³/mol. The van der Waals surface area contributed by atoms with Crippen LogP contribution in [-0.2, 0) is 11.2 Å². The van der Waals surface area contributed by atoms with Crippen LogP contribution in [0.15, 0.2) is 24.3 Å². The van der Waals surface area contributed by atoms with E-state index in [4.69, 9.17) is 0 Å². The van der Waals surface area contributed by atoms with E-state index in [2.05, 4.69) is 37.8 Å². The summed E-state index contributed by atoms with van der Waals surface area (Å²) in [6.45, 7) is 8.38. The van der Waals surface area contributed by atoms with Gasteiger partial charge in [0.1, 0.15) is 0 Å². The van der Waals surface area contributed by atoms with Crippen molar-refractivity contribution in [3.8, 4) is 0 Å². The van der Waals surface area contributed by atoms with Crippen molar-refractivity contribution in [3.05, 3.63) is 35.4 Å². The Morgan fingerprint density at radius 1 is 1.15 bits per heavy atom. The van der Waals surface area contributed by atoms with Crippen molar-refractivity contribution in [3.63, 3.8) is 0 Å². The Bertz CT molecular complexity index is 456. The quantitative estimate of drug-likeness (QED) is 0.786. The standard InChI is InChI=1S/C18H27NO/c1-4-19(5-2)18(12-8-9-13-18)17(20)14-16-11-7-6-10-15(16)3/h6-7,10-11H,4-5,8-9,12-14H2,1-3H3. The summed E-state index contributed by atoms with van der Waals surface area (Å²) in [5, 5.41) is 0. The van der Waals surface area contributed by atoms with Crippen LogP contribution >= 0.6 is 0 Å². The zero-order valence-corrected chi connectivity index (χ0v) is 13.1. The van der Waals surface area contributed by atoms with E-state index in [1.807, 2.05) is 12.1 Å². The molecule has 0 radical (unpaired) electrons. The summed E-state index contributed by atoms with van der Waals surface area (Å²) < 4.78 is 0. The molecule has 1 aliphatic rings. The van der Waals surface area contributed by atoms with Gasteiger partial charge in [0, 0.05) is 6.42 Å². The number of ketones is 1. The molecule has 2 heteroatoms. The van der Waals surface area contributed by atoms with Crippen LogP contribution in [-0.4, -0.2) is 29.3 Å². The van der Waals surface area contributed by atoms with Gasteiger partial charge in [-0.1, -0.05) is 51.0 Å². The van der Waals surface area contributed by atoms with Crippen LogP contribution in [0.1, 0.15) is 50.7 Å². The predicted octanol–water partition coefficient (Wildman–Crippen LogP) is 3.76. The average Bonchev–Trinajstić information content (AvgIpc) is 2.93. The number of nitrogens with zero attached hydrogens (tertiary/aromatic N) is 1. The molecule has 1 aliphatic carbocycles. The Labute approximate surface area is 123 Å². The fourth-order valence-electron chi connectivity index (χ4n) is 3.71. The van der Waals surface area contributed by atoms with Crippen LogP contribution in [0.4, 0.5) is 0 Å². The monoisotopic (exact) mass is 273 g/mol. The first-order valence-electron chi connectivity index (χ1n) is 7.97. The van der Waals surface area contributed by atoms with Gasteiger partial charge in [0.2, 0.25) is 0 Å². The number of likely N-dealkylation sites (N-methyl/N-ethyl adjacent to an activating group) is 1. The zero-order chi connectivity index (χ0) is 14.6. The van der Waals surface area contributed by atoms with E-state index in [1.165, 1.54) is 24.0 Å². The maximum atomic E-state index is 13.0. The summed E-state index contributed by atoms with van der Waals surface area (Å²) in [6, 6.07) is 8.27. The molecule has 1 aromatic carbocycles. The summed E-state index contributed by atoms with van der Waals surface area (Å²) in [6.07, 6.45) is 5.05. The van der Waals surface area contributed by atoms with E-state index in [0.29, 0.717) is 12.2 Å². The Hall–Kier alpha value is -1.15. The second-order valence-corrected chi connectivity index (χ2v) is 5.94. The van der Waals surface area contributed by atoms with Crippen LogP contribution in [0.2, 0.25) is 0 Å². The van der Waals surface area contributed by atoms with Gasteiger partial charge in [0.05, 0.1) is 5.54 Å². The van der Waals surface area contributed by atoms with Crippen molar-refractivity contribution >= 4 is 5.78 Å². The number of hydrogen-bond donors (Lipinski definition) is 0. The molecule has 1 saturated carbocycles. The number of rotatable bonds is 6. The Morgan fingerprint density at radius 3 is 2.30 bits per heavy atom. The molecule has 2 rings (SSSR count). The molecule has 0 unspecified atom stereocenters. The molecule has 0 saturated heterocycles. The van der Waals surface area contributed by atoms with Gasteiger partial charge in [-0.2, -0.15) is 0 Å². The molecule has 1 fully saturated rings. The average molecular weight is 273 g/mol. The van der Waals surface area contributed by atoms with E-state index in [9.17, 15) is 4.79 Å². The minimum atomic E-state index is -0.189. The molecule has 0 aliphatic heterocycles. The van der Waals surface area contributed by atoms with Crippen molar-refractivity contribution < 1.29 is 4.79 Å². The SMILES string of the molecule is CCN(CC)C1(C(=O)Cc2ccccc2C)CCCC1. The summed E-state index contributed by atoms with van der Waals surface area (Å²) in [5.74, 6) is 0.424. The highest BCUT2D eigenvalue weighted by atomic mass is 16.1. The van der Waals surface area contributed by atoms with Crippen LogP contribution in [0, 0.1) is 6.92 Å². The van der Waals surface area contributed by atoms with Gasteiger partial charge < -0.3 is 0 Å². The lowest BCUT2D eigenvalue weighted by atomic mass is 9.85. The van der Waals surface area contributed by atoms with Gasteiger partial charge in [-0.05, 0) is 44.0 Å². The lowest BCUT2D eigenvalue weighted by molar-refractivity contribution is -0.130. The van der Waals surface area contributed by atoms with Gasteiger partial charge >= 0.3 is 0 Å². The topological polar surface area (TPSA) is 20.3 Å². The Balaban J connectivity index is 2.22. The molecule has 0 spiro atoms. The maximum Gasteiger partial charge on any atom is 0.157 e. The molecule has 0 N–H and O–H groups in total. The number of Topliss-reactive ketones (excluding diaryl/α,β-unsaturated/α-hetero) is 1. The van der Waals surface area contributed by atoms with Crippen molar-refractivity contribution in [2.24, 2.45) is 0 Å². The number of hydrogen-bond acceptors (Lipinski definition) is 2. The highest BCUT2D eigenvalue weighted by molar-refractivity contribution is 5.90. The van der Waals surface area contributed by atoms with E-state index in [1.54, 1.807) is 0 Å². The number of carbonyl (C=O) groups excluding carboxylic acids is 1. The van der Waals surface area contributed by atoms with E-state index in [-0.39, 0.29) is 5.54 Å². The molecule has 110 valence electrons. The fraction of sp³-hybridized carbons (Fsp3) is 0.611. The van der Waals surface area contributed by atoms with Gasteiger partial charge in [0.15, 0.2) is 5.78 Å². The lowest BCUT2D eigenvalue weighted by Crippen LogP contribution is -2.53. The zero-order valence-electron chi connectivity index (χ0n) is 13.1. The summed E-state index contributed by atoms with van der Waals surface area (Å²) >= 11 is 0. The van der Waals surface area contributed by atoms with Crippen molar-refractivity contribution in [1.82, 2.24) is 4.90 Å². The third-order valence-corrected chi connectivity index (χ3v) is 4.93. The lowest BCUT2D eigenvalue weighted by Gasteiger charge is -2.39. The first-order valence-corrected chi connectivity index (χ1v) is 7.97.